The van der Waals surface area contributed by atoms with Crippen LogP contribution in [0.4, 0.5) is 11.5 Å². The molecule has 0 saturated carbocycles. The summed E-state index contributed by atoms with van der Waals surface area (Å²) in [7, 11) is 1.94. The van der Waals surface area contributed by atoms with Crippen molar-refractivity contribution in [1.29, 1.82) is 0 Å². The summed E-state index contributed by atoms with van der Waals surface area (Å²) in [4.78, 5) is 13.7. The van der Waals surface area contributed by atoms with Crippen LogP contribution in [0.1, 0.15) is 5.69 Å². The summed E-state index contributed by atoms with van der Waals surface area (Å²) in [5, 5.41) is 3.16. The Hall–Kier alpha value is -2.14. The van der Waals surface area contributed by atoms with E-state index in [0.717, 1.165) is 49.9 Å². The fraction of sp³-hybridized carbons (Fsp3) is 0.375. The predicted molar refractivity (Wildman–Crippen MR) is 85.5 cm³/mol. The van der Waals surface area contributed by atoms with Crippen LogP contribution in [-0.4, -0.2) is 48.1 Å². The molecule has 3 rings (SSSR count). The summed E-state index contributed by atoms with van der Waals surface area (Å²) in [5.74, 6) is 1.08. The Balaban J connectivity index is 1.56. The van der Waals surface area contributed by atoms with Crippen molar-refractivity contribution in [3.05, 3.63) is 48.4 Å². The van der Waals surface area contributed by atoms with Crippen molar-refractivity contribution in [2.75, 3.05) is 43.4 Å². The quantitative estimate of drug-likeness (QED) is 0.927. The van der Waals surface area contributed by atoms with Gasteiger partial charge < -0.3 is 10.2 Å². The van der Waals surface area contributed by atoms with Crippen molar-refractivity contribution in [3.8, 4) is 0 Å². The standard InChI is InChI=1S/C16H21N5/c1-17-14-5-7-18-15(12-14)13-20-8-10-21(11-9-20)16-4-2-3-6-19-16/h2-7,12H,8-11,13H2,1H3,(H,17,18). The Bertz CT molecular complexity index is 564. The molecule has 21 heavy (non-hydrogen) atoms. The summed E-state index contributed by atoms with van der Waals surface area (Å²) in [6.45, 7) is 5.03. The minimum Gasteiger partial charge on any atom is -0.388 e. The molecule has 5 nitrogen and oxygen atoms in total. The van der Waals surface area contributed by atoms with E-state index in [0.29, 0.717) is 0 Å². The lowest BCUT2D eigenvalue weighted by Crippen LogP contribution is -2.46. The van der Waals surface area contributed by atoms with E-state index in [1.807, 2.05) is 37.6 Å². The average molecular weight is 283 g/mol. The Morgan fingerprint density at radius 2 is 1.90 bits per heavy atom. The number of pyridine rings is 2. The third kappa shape index (κ3) is 3.49. The summed E-state index contributed by atoms with van der Waals surface area (Å²) < 4.78 is 0. The Labute approximate surface area is 125 Å². The lowest BCUT2D eigenvalue weighted by atomic mass is 10.2. The zero-order valence-corrected chi connectivity index (χ0v) is 12.4. The Morgan fingerprint density at radius 1 is 1.05 bits per heavy atom. The molecule has 1 aliphatic heterocycles. The molecule has 5 heteroatoms. The lowest BCUT2D eigenvalue weighted by Gasteiger charge is -2.35. The molecule has 1 fully saturated rings. The molecule has 2 aromatic rings. The maximum absolute atomic E-state index is 4.45. The molecule has 2 aromatic heterocycles. The summed E-state index contributed by atoms with van der Waals surface area (Å²) >= 11 is 0. The summed E-state index contributed by atoms with van der Waals surface area (Å²) in [6.07, 6.45) is 3.72. The number of anilines is 2. The van der Waals surface area contributed by atoms with Crippen LogP contribution in [0.15, 0.2) is 42.7 Å². The largest absolute Gasteiger partial charge is 0.388 e. The van der Waals surface area contributed by atoms with E-state index in [2.05, 4.69) is 37.2 Å². The molecular weight excluding hydrogens is 262 g/mol. The van der Waals surface area contributed by atoms with Crippen molar-refractivity contribution < 1.29 is 0 Å². The predicted octanol–water partition coefficient (Wildman–Crippen LogP) is 1.84. The van der Waals surface area contributed by atoms with Gasteiger partial charge in [0, 0.05) is 57.9 Å². The van der Waals surface area contributed by atoms with Gasteiger partial charge in [-0.05, 0) is 24.3 Å². The van der Waals surface area contributed by atoms with E-state index in [9.17, 15) is 0 Å². The number of nitrogens with one attached hydrogen (secondary N) is 1. The highest BCUT2D eigenvalue weighted by molar-refractivity contribution is 5.42. The molecule has 0 amide bonds. The van der Waals surface area contributed by atoms with Crippen LogP contribution in [0.3, 0.4) is 0 Å². The third-order valence-electron chi connectivity index (χ3n) is 3.84. The second kappa shape index (κ2) is 6.54. The highest BCUT2D eigenvalue weighted by Crippen LogP contribution is 2.15. The van der Waals surface area contributed by atoms with E-state index in [-0.39, 0.29) is 0 Å². The average Bonchev–Trinajstić information content (AvgIpc) is 2.56. The first-order valence-corrected chi connectivity index (χ1v) is 7.36. The Kier molecular flexibility index (Phi) is 4.31. The number of hydrogen-bond donors (Lipinski definition) is 1. The van der Waals surface area contributed by atoms with Crippen LogP contribution >= 0.6 is 0 Å². The minimum absolute atomic E-state index is 0.908. The van der Waals surface area contributed by atoms with Gasteiger partial charge in [-0.15, -0.1) is 0 Å². The van der Waals surface area contributed by atoms with Crippen LogP contribution in [0.2, 0.25) is 0 Å². The molecule has 1 saturated heterocycles. The number of piperazine rings is 1. The highest BCUT2D eigenvalue weighted by atomic mass is 15.3. The second-order valence-corrected chi connectivity index (χ2v) is 5.24. The number of aromatic nitrogens is 2. The number of hydrogen-bond acceptors (Lipinski definition) is 5. The minimum atomic E-state index is 0.908. The van der Waals surface area contributed by atoms with Crippen molar-refractivity contribution in [2.45, 2.75) is 6.54 Å². The molecule has 0 radical (unpaired) electrons. The summed E-state index contributed by atoms with van der Waals surface area (Å²) in [5.41, 5.74) is 2.24. The van der Waals surface area contributed by atoms with E-state index in [1.165, 1.54) is 0 Å². The molecule has 3 heterocycles. The van der Waals surface area contributed by atoms with Crippen LogP contribution in [0, 0.1) is 0 Å². The lowest BCUT2D eigenvalue weighted by molar-refractivity contribution is 0.246. The first-order chi connectivity index (χ1) is 10.3. The van der Waals surface area contributed by atoms with Gasteiger partial charge in [0.15, 0.2) is 0 Å². The van der Waals surface area contributed by atoms with E-state index in [4.69, 9.17) is 0 Å². The SMILES string of the molecule is CNc1ccnc(CN2CCN(c3ccccn3)CC2)c1. The maximum Gasteiger partial charge on any atom is 0.128 e. The molecule has 1 aliphatic rings. The van der Waals surface area contributed by atoms with Gasteiger partial charge >= 0.3 is 0 Å². The molecule has 0 spiro atoms. The maximum atomic E-state index is 4.45. The fourth-order valence-electron chi connectivity index (χ4n) is 2.63. The van der Waals surface area contributed by atoms with Gasteiger partial charge in [0.1, 0.15) is 5.82 Å². The van der Waals surface area contributed by atoms with Crippen molar-refractivity contribution in [3.63, 3.8) is 0 Å². The van der Waals surface area contributed by atoms with Gasteiger partial charge in [-0.2, -0.15) is 0 Å². The van der Waals surface area contributed by atoms with Crippen molar-refractivity contribution >= 4 is 11.5 Å². The van der Waals surface area contributed by atoms with Crippen LogP contribution in [-0.2, 0) is 6.54 Å². The monoisotopic (exact) mass is 283 g/mol. The molecule has 0 atom stereocenters. The highest BCUT2D eigenvalue weighted by Gasteiger charge is 2.18. The van der Waals surface area contributed by atoms with Gasteiger partial charge in [-0.1, -0.05) is 6.07 Å². The van der Waals surface area contributed by atoms with Gasteiger partial charge in [0.2, 0.25) is 0 Å². The first-order valence-electron chi connectivity index (χ1n) is 7.36. The molecule has 0 aromatic carbocycles. The number of rotatable bonds is 4. The van der Waals surface area contributed by atoms with Gasteiger partial charge in [0.05, 0.1) is 5.69 Å². The van der Waals surface area contributed by atoms with Gasteiger partial charge in [0.25, 0.3) is 0 Å². The molecule has 1 N–H and O–H groups in total. The zero-order valence-electron chi connectivity index (χ0n) is 12.4. The van der Waals surface area contributed by atoms with Gasteiger partial charge in [-0.25, -0.2) is 4.98 Å². The third-order valence-corrected chi connectivity index (χ3v) is 3.84. The van der Waals surface area contributed by atoms with Crippen molar-refractivity contribution in [2.24, 2.45) is 0 Å². The first kappa shape index (κ1) is 13.8. The molecule has 0 aliphatic carbocycles. The van der Waals surface area contributed by atoms with Crippen molar-refractivity contribution in [1.82, 2.24) is 14.9 Å². The fourth-order valence-corrected chi connectivity index (χ4v) is 2.63. The molecule has 0 unspecified atom stereocenters. The molecular formula is C16H21N5. The molecule has 110 valence electrons. The second-order valence-electron chi connectivity index (χ2n) is 5.24. The van der Waals surface area contributed by atoms with E-state index in [1.54, 1.807) is 0 Å². The van der Waals surface area contributed by atoms with E-state index < -0.39 is 0 Å². The smallest absolute Gasteiger partial charge is 0.128 e. The van der Waals surface area contributed by atoms with Crippen LogP contribution < -0.4 is 10.2 Å². The summed E-state index contributed by atoms with van der Waals surface area (Å²) in [6, 6.07) is 10.2. The molecule has 0 bridgehead atoms. The van der Waals surface area contributed by atoms with Crippen LogP contribution in [0.5, 0.6) is 0 Å². The topological polar surface area (TPSA) is 44.3 Å². The zero-order chi connectivity index (χ0) is 14.5. The Morgan fingerprint density at radius 3 is 2.62 bits per heavy atom. The normalized spacial score (nSPS) is 16.0. The van der Waals surface area contributed by atoms with Gasteiger partial charge in [-0.3, -0.25) is 9.88 Å². The van der Waals surface area contributed by atoms with E-state index >= 15 is 0 Å². The number of nitrogens with zero attached hydrogens (tertiary/aromatic N) is 4. The van der Waals surface area contributed by atoms with Crippen LogP contribution in [0.25, 0.3) is 0 Å².